The molecule has 146 valence electrons. The Hall–Kier alpha value is -1.44. The fourth-order valence-corrected chi connectivity index (χ4v) is 3.21. The molecule has 1 unspecified atom stereocenters. The SMILES string of the molecule is CC(C)(C)OC(=O)N1CCCCC1COc1ccc(Br)c(C(F)(F)F)c1. The van der Waals surface area contributed by atoms with Gasteiger partial charge in [0.25, 0.3) is 0 Å². The third-order valence-electron chi connectivity index (χ3n) is 3.94. The summed E-state index contributed by atoms with van der Waals surface area (Å²) in [5.41, 5.74) is -1.39. The number of likely N-dealkylation sites (tertiary alicyclic amines) is 1. The molecule has 1 heterocycles. The number of amides is 1. The summed E-state index contributed by atoms with van der Waals surface area (Å²) in [7, 11) is 0. The minimum Gasteiger partial charge on any atom is -0.491 e. The Balaban J connectivity index is 2.06. The lowest BCUT2D eigenvalue weighted by atomic mass is 10.0. The molecule has 1 atom stereocenters. The van der Waals surface area contributed by atoms with Crippen molar-refractivity contribution in [2.75, 3.05) is 13.2 Å². The number of nitrogens with zero attached hydrogens (tertiary/aromatic N) is 1. The van der Waals surface area contributed by atoms with Crippen molar-refractivity contribution in [3.05, 3.63) is 28.2 Å². The van der Waals surface area contributed by atoms with Gasteiger partial charge in [0.1, 0.15) is 18.0 Å². The largest absolute Gasteiger partial charge is 0.491 e. The summed E-state index contributed by atoms with van der Waals surface area (Å²) < 4.78 is 49.9. The fourth-order valence-electron chi connectivity index (χ4n) is 2.74. The number of carbonyl (C=O) groups excluding carboxylic acids is 1. The van der Waals surface area contributed by atoms with Crippen LogP contribution in [0.2, 0.25) is 0 Å². The molecule has 1 saturated heterocycles. The Morgan fingerprint density at radius 1 is 1.27 bits per heavy atom. The first-order chi connectivity index (χ1) is 12.0. The molecule has 1 aliphatic heterocycles. The van der Waals surface area contributed by atoms with E-state index in [9.17, 15) is 18.0 Å². The van der Waals surface area contributed by atoms with Crippen molar-refractivity contribution in [2.45, 2.75) is 57.9 Å². The second kappa shape index (κ2) is 8.06. The first-order valence-corrected chi connectivity index (χ1v) is 9.26. The summed E-state index contributed by atoms with van der Waals surface area (Å²) in [4.78, 5) is 14.0. The van der Waals surface area contributed by atoms with Crippen LogP contribution < -0.4 is 4.74 Å². The summed E-state index contributed by atoms with van der Waals surface area (Å²) in [6, 6.07) is 3.52. The molecule has 0 aliphatic carbocycles. The molecule has 2 rings (SSSR count). The maximum Gasteiger partial charge on any atom is 0.417 e. The summed E-state index contributed by atoms with van der Waals surface area (Å²) in [5, 5.41) is 0. The third-order valence-corrected chi connectivity index (χ3v) is 4.63. The van der Waals surface area contributed by atoms with Gasteiger partial charge in [0, 0.05) is 11.0 Å². The molecule has 1 fully saturated rings. The molecule has 1 aromatic carbocycles. The molecule has 1 aliphatic rings. The minimum absolute atomic E-state index is 0.0367. The van der Waals surface area contributed by atoms with E-state index in [1.807, 2.05) is 0 Å². The predicted octanol–water partition coefficient (Wildman–Crippen LogP) is 5.64. The number of benzene rings is 1. The Kier molecular flexibility index (Phi) is 6.47. The van der Waals surface area contributed by atoms with Gasteiger partial charge in [-0.3, -0.25) is 0 Å². The van der Waals surface area contributed by atoms with Crippen molar-refractivity contribution in [2.24, 2.45) is 0 Å². The lowest BCUT2D eigenvalue weighted by Crippen LogP contribution is -2.48. The second-order valence-corrected chi connectivity index (χ2v) is 8.13. The zero-order valence-corrected chi connectivity index (χ0v) is 16.6. The maximum absolute atomic E-state index is 13.0. The minimum atomic E-state index is -4.47. The molecule has 0 saturated carbocycles. The fraction of sp³-hybridized carbons (Fsp3) is 0.611. The highest BCUT2D eigenvalue weighted by atomic mass is 79.9. The average Bonchev–Trinajstić information content (AvgIpc) is 2.51. The summed E-state index contributed by atoms with van der Waals surface area (Å²) in [6.45, 7) is 6.05. The van der Waals surface area contributed by atoms with Gasteiger partial charge < -0.3 is 14.4 Å². The van der Waals surface area contributed by atoms with E-state index in [1.54, 1.807) is 25.7 Å². The lowest BCUT2D eigenvalue weighted by Gasteiger charge is -2.36. The van der Waals surface area contributed by atoms with Crippen molar-refractivity contribution in [3.8, 4) is 5.75 Å². The molecule has 8 heteroatoms. The Morgan fingerprint density at radius 2 is 1.96 bits per heavy atom. The number of carbonyl (C=O) groups is 1. The summed E-state index contributed by atoms with van der Waals surface area (Å²) >= 11 is 2.91. The number of halogens is 4. The number of hydrogen-bond donors (Lipinski definition) is 0. The monoisotopic (exact) mass is 437 g/mol. The van der Waals surface area contributed by atoms with Gasteiger partial charge in [-0.15, -0.1) is 0 Å². The van der Waals surface area contributed by atoms with Crippen LogP contribution in [0, 0.1) is 0 Å². The van der Waals surface area contributed by atoms with Crippen LogP contribution in [0.25, 0.3) is 0 Å². The van der Waals surface area contributed by atoms with Gasteiger partial charge in [-0.25, -0.2) is 4.79 Å². The van der Waals surface area contributed by atoms with Gasteiger partial charge in [-0.1, -0.05) is 15.9 Å². The van der Waals surface area contributed by atoms with E-state index in [-0.39, 0.29) is 22.9 Å². The zero-order chi connectivity index (χ0) is 19.5. The van der Waals surface area contributed by atoms with Gasteiger partial charge in [0.05, 0.1) is 11.6 Å². The molecular formula is C18H23BrF3NO3. The zero-order valence-electron chi connectivity index (χ0n) is 15.0. The molecule has 1 aromatic rings. The van der Waals surface area contributed by atoms with Gasteiger partial charge in [0.15, 0.2) is 0 Å². The summed E-state index contributed by atoms with van der Waals surface area (Å²) in [6.07, 6.45) is -2.36. The highest BCUT2D eigenvalue weighted by Gasteiger charge is 2.34. The molecule has 0 spiro atoms. The number of ether oxygens (including phenoxy) is 2. The number of rotatable bonds is 3. The molecule has 26 heavy (non-hydrogen) atoms. The van der Waals surface area contributed by atoms with E-state index in [1.165, 1.54) is 12.1 Å². The smallest absolute Gasteiger partial charge is 0.417 e. The molecule has 1 amide bonds. The van der Waals surface area contributed by atoms with Crippen molar-refractivity contribution in [1.82, 2.24) is 4.90 Å². The van der Waals surface area contributed by atoms with Crippen LogP contribution in [0.4, 0.5) is 18.0 Å². The third kappa shape index (κ3) is 5.79. The second-order valence-electron chi connectivity index (χ2n) is 7.27. The lowest BCUT2D eigenvalue weighted by molar-refractivity contribution is -0.138. The van der Waals surface area contributed by atoms with E-state index < -0.39 is 23.4 Å². The Labute approximate surface area is 159 Å². The van der Waals surface area contributed by atoms with E-state index in [2.05, 4.69) is 15.9 Å². The van der Waals surface area contributed by atoms with E-state index in [4.69, 9.17) is 9.47 Å². The van der Waals surface area contributed by atoms with Crippen LogP contribution >= 0.6 is 15.9 Å². The van der Waals surface area contributed by atoms with E-state index in [0.29, 0.717) is 6.54 Å². The van der Waals surface area contributed by atoms with Crippen LogP contribution in [0.3, 0.4) is 0 Å². The van der Waals surface area contributed by atoms with E-state index >= 15 is 0 Å². The van der Waals surface area contributed by atoms with E-state index in [0.717, 1.165) is 25.3 Å². The van der Waals surface area contributed by atoms with Crippen LogP contribution in [-0.2, 0) is 10.9 Å². The molecule has 0 N–H and O–H groups in total. The Morgan fingerprint density at radius 3 is 2.58 bits per heavy atom. The highest BCUT2D eigenvalue weighted by molar-refractivity contribution is 9.10. The maximum atomic E-state index is 13.0. The van der Waals surface area contributed by atoms with Crippen molar-refractivity contribution < 1.29 is 27.4 Å². The topological polar surface area (TPSA) is 38.8 Å². The summed E-state index contributed by atoms with van der Waals surface area (Å²) in [5.74, 6) is 0.121. The van der Waals surface area contributed by atoms with Gasteiger partial charge in [-0.2, -0.15) is 13.2 Å². The highest BCUT2D eigenvalue weighted by Crippen LogP contribution is 2.37. The van der Waals surface area contributed by atoms with Crippen molar-refractivity contribution in [1.29, 1.82) is 0 Å². The van der Waals surface area contributed by atoms with Crippen LogP contribution in [0.15, 0.2) is 22.7 Å². The normalized spacial score (nSPS) is 18.6. The van der Waals surface area contributed by atoms with Gasteiger partial charge >= 0.3 is 12.3 Å². The van der Waals surface area contributed by atoms with Crippen LogP contribution in [0.5, 0.6) is 5.75 Å². The Bertz CT molecular complexity index is 644. The first kappa shape index (κ1) is 20.9. The first-order valence-electron chi connectivity index (χ1n) is 8.46. The van der Waals surface area contributed by atoms with Crippen molar-refractivity contribution in [3.63, 3.8) is 0 Å². The van der Waals surface area contributed by atoms with Gasteiger partial charge in [-0.05, 0) is 58.2 Å². The number of hydrogen-bond acceptors (Lipinski definition) is 3. The molecule has 0 bridgehead atoms. The quantitative estimate of drug-likeness (QED) is 0.614. The standard InChI is InChI=1S/C18H23BrF3NO3/c1-17(2,3)26-16(24)23-9-5-4-6-12(23)11-25-13-7-8-15(19)14(10-13)18(20,21)22/h7-8,10,12H,4-6,9,11H2,1-3H3. The molecule has 0 aromatic heterocycles. The average molecular weight is 438 g/mol. The molecular weight excluding hydrogens is 415 g/mol. The number of alkyl halides is 3. The van der Waals surface area contributed by atoms with Gasteiger partial charge in [0.2, 0.25) is 0 Å². The number of piperidine rings is 1. The van der Waals surface area contributed by atoms with Crippen molar-refractivity contribution >= 4 is 22.0 Å². The van der Waals surface area contributed by atoms with Crippen LogP contribution in [0.1, 0.15) is 45.6 Å². The predicted molar refractivity (Wildman–Crippen MR) is 95.2 cm³/mol. The molecule has 4 nitrogen and oxygen atoms in total. The van der Waals surface area contributed by atoms with Crippen LogP contribution in [-0.4, -0.2) is 35.8 Å². The molecule has 0 radical (unpaired) electrons.